The molecule has 0 bridgehead atoms. The molecule has 0 aromatic carbocycles. The number of hydrogen-bond acceptors (Lipinski definition) is 7. The van der Waals surface area contributed by atoms with E-state index in [1.165, 1.54) is 22.7 Å². The predicted octanol–water partition coefficient (Wildman–Crippen LogP) is 4.19. The van der Waals surface area contributed by atoms with E-state index in [-0.39, 0.29) is 5.78 Å². The quantitative estimate of drug-likeness (QED) is 0.551. The number of ketones is 1. The van der Waals surface area contributed by atoms with Crippen LogP contribution in [0.3, 0.4) is 0 Å². The van der Waals surface area contributed by atoms with E-state index in [2.05, 4.69) is 15.3 Å². The summed E-state index contributed by atoms with van der Waals surface area (Å²) in [5, 5.41) is 6.91. The van der Waals surface area contributed by atoms with Crippen LogP contribution in [0.25, 0.3) is 10.2 Å². The minimum Gasteiger partial charge on any atom is -0.467 e. The number of rotatable bonds is 5. The molecule has 0 fully saturated rings. The highest BCUT2D eigenvalue weighted by molar-refractivity contribution is 7.17. The van der Waals surface area contributed by atoms with Gasteiger partial charge in [-0.15, -0.1) is 22.7 Å². The number of thiophene rings is 2. The molecule has 0 aliphatic heterocycles. The molecular formula is C16H11N3O2S2. The molecule has 7 heteroatoms. The van der Waals surface area contributed by atoms with Gasteiger partial charge in [0, 0.05) is 0 Å². The van der Waals surface area contributed by atoms with Crippen molar-refractivity contribution in [2.45, 2.75) is 6.54 Å². The maximum absolute atomic E-state index is 12.7. The highest BCUT2D eigenvalue weighted by Gasteiger charge is 2.18. The summed E-state index contributed by atoms with van der Waals surface area (Å²) in [4.78, 5) is 22.3. The first-order chi connectivity index (χ1) is 11.3. The fraction of sp³-hybridized carbons (Fsp3) is 0.0625. The maximum Gasteiger partial charge on any atom is 0.224 e. The summed E-state index contributed by atoms with van der Waals surface area (Å²) in [6, 6.07) is 9.26. The van der Waals surface area contributed by atoms with Gasteiger partial charge in [0.1, 0.15) is 11.5 Å². The van der Waals surface area contributed by atoms with Crippen LogP contribution in [-0.4, -0.2) is 15.8 Å². The van der Waals surface area contributed by atoms with Gasteiger partial charge in [0.2, 0.25) is 11.7 Å². The molecule has 0 saturated heterocycles. The average Bonchev–Trinajstić information content (AvgIpc) is 3.33. The highest BCUT2D eigenvalue weighted by atomic mass is 32.1. The maximum atomic E-state index is 12.7. The van der Waals surface area contributed by atoms with Crippen molar-refractivity contribution in [1.82, 2.24) is 9.97 Å². The van der Waals surface area contributed by atoms with Gasteiger partial charge >= 0.3 is 0 Å². The van der Waals surface area contributed by atoms with Gasteiger partial charge in [-0.25, -0.2) is 9.97 Å². The highest BCUT2D eigenvalue weighted by Crippen LogP contribution is 2.26. The van der Waals surface area contributed by atoms with Gasteiger partial charge in [0.15, 0.2) is 0 Å². The summed E-state index contributed by atoms with van der Waals surface area (Å²) in [7, 11) is 0. The van der Waals surface area contributed by atoms with Crippen LogP contribution in [0.4, 0.5) is 5.95 Å². The number of furan rings is 1. The Morgan fingerprint density at radius 2 is 2.09 bits per heavy atom. The second-order valence-electron chi connectivity index (χ2n) is 4.77. The molecular weight excluding hydrogens is 330 g/mol. The Bertz CT molecular complexity index is 943. The first-order valence-electron chi connectivity index (χ1n) is 6.91. The van der Waals surface area contributed by atoms with E-state index in [1.54, 1.807) is 6.26 Å². The molecule has 114 valence electrons. The van der Waals surface area contributed by atoms with Crippen molar-refractivity contribution in [3.63, 3.8) is 0 Å². The molecule has 0 unspecified atom stereocenters. The van der Waals surface area contributed by atoms with E-state index in [0.717, 1.165) is 16.0 Å². The van der Waals surface area contributed by atoms with Crippen LogP contribution in [-0.2, 0) is 6.54 Å². The van der Waals surface area contributed by atoms with E-state index < -0.39 is 0 Å². The number of aromatic nitrogens is 2. The zero-order valence-corrected chi connectivity index (χ0v) is 13.5. The molecule has 0 radical (unpaired) electrons. The summed E-state index contributed by atoms with van der Waals surface area (Å²) in [5.74, 6) is 1.13. The molecule has 0 saturated carbocycles. The fourth-order valence-electron chi connectivity index (χ4n) is 2.20. The largest absolute Gasteiger partial charge is 0.467 e. The summed E-state index contributed by atoms with van der Waals surface area (Å²) >= 11 is 2.89. The summed E-state index contributed by atoms with van der Waals surface area (Å²) < 4.78 is 6.10. The zero-order valence-electron chi connectivity index (χ0n) is 11.9. The fourth-order valence-corrected chi connectivity index (χ4v) is 3.68. The third-order valence-electron chi connectivity index (χ3n) is 3.26. The van der Waals surface area contributed by atoms with Crippen molar-refractivity contribution in [2.24, 2.45) is 0 Å². The van der Waals surface area contributed by atoms with Crippen molar-refractivity contribution in [2.75, 3.05) is 5.32 Å². The Balaban J connectivity index is 1.71. The smallest absolute Gasteiger partial charge is 0.224 e. The van der Waals surface area contributed by atoms with Crippen molar-refractivity contribution >= 4 is 44.6 Å². The van der Waals surface area contributed by atoms with E-state index in [4.69, 9.17) is 4.42 Å². The molecule has 4 aromatic heterocycles. The van der Waals surface area contributed by atoms with Crippen molar-refractivity contribution < 1.29 is 9.21 Å². The number of fused-ring (bicyclic) bond motifs is 1. The van der Waals surface area contributed by atoms with Gasteiger partial charge in [-0.05, 0) is 35.0 Å². The normalized spacial score (nSPS) is 11.0. The lowest BCUT2D eigenvalue weighted by atomic mass is 10.2. The summed E-state index contributed by atoms with van der Waals surface area (Å²) in [6.07, 6.45) is 1.62. The molecule has 0 spiro atoms. The van der Waals surface area contributed by atoms with Crippen LogP contribution in [0.15, 0.2) is 51.8 Å². The summed E-state index contributed by atoms with van der Waals surface area (Å²) in [5.41, 5.74) is 1.21. The van der Waals surface area contributed by atoms with Crippen LogP contribution >= 0.6 is 22.7 Å². The van der Waals surface area contributed by atoms with Gasteiger partial charge in [0.05, 0.1) is 27.9 Å². The Kier molecular flexibility index (Phi) is 3.64. The molecule has 4 rings (SSSR count). The van der Waals surface area contributed by atoms with E-state index >= 15 is 0 Å². The number of carbonyl (C=O) groups is 1. The Hall–Kier alpha value is -2.51. The average molecular weight is 341 g/mol. The lowest BCUT2D eigenvalue weighted by molar-refractivity contribution is 0.104. The van der Waals surface area contributed by atoms with Crippen LogP contribution < -0.4 is 5.32 Å². The second-order valence-corrected chi connectivity index (χ2v) is 6.63. The molecule has 0 atom stereocenters. The first-order valence-corrected chi connectivity index (χ1v) is 8.67. The zero-order chi connectivity index (χ0) is 15.6. The van der Waals surface area contributed by atoms with Gasteiger partial charge in [-0.2, -0.15) is 0 Å². The molecule has 5 nitrogen and oxygen atoms in total. The van der Waals surface area contributed by atoms with Crippen molar-refractivity contribution in [3.05, 3.63) is 63.7 Å². The molecule has 0 aliphatic rings. The second kappa shape index (κ2) is 5.94. The number of nitrogens with one attached hydrogen (secondary N) is 1. The van der Waals surface area contributed by atoms with Crippen LogP contribution in [0.5, 0.6) is 0 Å². The predicted molar refractivity (Wildman–Crippen MR) is 91.2 cm³/mol. The molecule has 23 heavy (non-hydrogen) atoms. The van der Waals surface area contributed by atoms with Crippen molar-refractivity contribution in [3.8, 4) is 0 Å². The monoisotopic (exact) mass is 341 g/mol. The minimum atomic E-state index is -0.0732. The molecule has 4 heterocycles. The van der Waals surface area contributed by atoms with Gasteiger partial charge in [-0.3, -0.25) is 4.79 Å². The molecule has 4 aromatic rings. The molecule has 0 amide bonds. The standard InChI is InChI=1S/C16H11N3O2S2/c20-14(12-4-2-7-22-12)13-15-11(5-8-23-15)18-16(19-13)17-9-10-3-1-6-21-10/h1-8H,9H2,(H,17,18,19). The third kappa shape index (κ3) is 2.76. The topological polar surface area (TPSA) is 68.0 Å². The van der Waals surface area contributed by atoms with E-state index in [9.17, 15) is 4.79 Å². The minimum absolute atomic E-state index is 0.0732. The number of hydrogen-bond donors (Lipinski definition) is 1. The van der Waals surface area contributed by atoms with E-state index in [0.29, 0.717) is 23.1 Å². The van der Waals surface area contributed by atoms with Crippen LogP contribution in [0, 0.1) is 0 Å². The van der Waals surface area contributed by atoms with Crippen LogP contribution in [0.1, 0.15) is 21.1 Å². The van der Waals surface area contributed by atoms with Gasteiger partial charge < -0.3 is 9.73 Å². The Morgan fingerprint density at radius 1 is 1.13 bits per heavy atom. The number of carbonyl (C=O) groups excluding carboxylic acids is 1. The van der Waals surface area contributed by atoms with Gasteiger partial charge in [0.25, 0.3) is 0 Å². The van der Waals surface area contributed by atoms with Crippen LogP contribution in [0.2, 0.25) is 0 Å². The molecule has 0 aliphatic carbocycles. The number of nitrogens with zero attached hydrogens (tertiary/aromatic N) is 2. The third-order valence-corrected chi connectivity index (χ3v) is 5.04. The Morgan fingerprint density at radius 3 is 2.87 bits per heavy atom. The SMILES string of the molecule is O=C(c1cccs1)c1nc(NCc2ccco2)nc2ccsc12. The lowest BCUT2D eigenvalue weighted by Gasteiger charge is -2.06. The first kappa shape index (κ1) is 14.1. The Labute approximate surface area is 139 Å². The van der Waals surface area contributed by atoms with Crippen molar-refractivity contribution in [1.29, 1.82) is 0 Å². The lowest BCUT2D eigenvalue weighted by Crippen LogP contribution is -2.08. The number of anilines is 1. The molecule has 1 N–H and O–H groups in total. The van der Waals surface area contributed by atoms with E-state index in [1.807, 2.05) is 41.1 Å². The van der Waals surface area contributed by atoms with Gasteiger partial charge in [-0.1, -0.05) is 6.07 Å². The summed E-state index contributed by atoms with van der Waals surface area (Å²) in [6.45, 7) is 0.468.